The van der Waals surface area contributed by atoms with Crippen molar-refractivity contribution in [1.29, 1.82) is 0 Å². The van der Waals surface area contributed by atoms with Gasteiger partial charge < -0.3 is 9.30 Å². The number of ether oxygens (including phenoxy) is 1. The zero-order valence-electron chi connectivity index (χ0n) is 11.7. The molecule has 0 saturated heterocycles. The molecule has 0 N–H and O–H groups in total. The maximum Gasteiger partial charge on any atom is 0.160 e. The summed E-state index contributed by atoms with van der Waals surface area (Å²) in [4.78, 5) is 9.04. The molecule has 0 amide bonds. The highest BCUT2D eigenvalue weighted by Gasteiger charge is 2.11. The summed E-state index contributed by atoms with van der Waals surface area (Å²) in [6, 6.07) is 3.95. The second-order valence-electron chi connectivity index (χ2n) is 5.08. The van der Waals surface area contributed by atoms with Gasteiger partial charge in [0, 0.05) is 18.8 Å². The lowest BCUT2D eigenvalue weighted by Crippen LogP contribution is -2.11. The molecule has 0 atom stereocenters. The third kappa shape index (κ3) is 3.45. The van der Waals surface area contributed by atoms with Crippen LogP contribution in [0.1, 0.15) is 25.4 Å². The number of rotatable bonds is 6. The molecule has 19 heavy (non-hydrogen) atoms. The Hall–Kier alpha value is -1.13. The Morgan fingerprint density at radius 3 is 2.79 bits per heavy atom. The summed E-state index contributed by atoms with van der Waals surface area (Å²) in [5.74, 6) is 1.79. The van der Waals surface area contributed by atoms with E-state index in [1.807, 2.05) is 19.1 Å². The Morgan fingerprint density at radius 1 is 1.32 bits per heavy atom. The van der Waals surface area contributed by atoms with Gasteiger partial charge in [-0.25, -0.2) is 9.97 Å². The Bertz CT molecular complexity index is 551. The number of aromatic nitrogens is 3. The van der Waals surface area contributed by atoms with E-state index < -0.39 is 0 Å². The van der Waals surface area contributed by atoms with Gasteiger partial charge in [-0.05, 0) is 25.0 Å². The predicted octanol–water partition coefficient (Wildman–Crippen LogP) is 3.15. The molecule has 5 heteroatoms. The van der Waals surface area contributed by atoms with E-state index in [0.717, 1.165) is 35.8 Å². The van der Waals surface area contributed by atoms with E-state index in [2.05, 4.69) is 28.4 Å². The maximum absolute atomic E-state index is 5.95. The number of aryl methyl sites for hydroxylation is 1. The fraction of sp³-hybridized carbons (Fsp3) is 0.571. The molecule has 0 spiro atoms. The average molecular weight is 282 g/mol. The number of imidazole rings is 1. The van der Waals surface area contributed by atoms with Crippen molar-refractivity contribution >= 4 is 22.8 Å². The van der Waals surface area contributed by atoms with Crippen LogP contribution in [0.5, 0.6) is 0 Å². The molecule has 0 aliphatic carbocycles. The summed E-state index contributed by atoms with van der Waals surface area (Å²) >= 11 is 5.95. The molecule has 0 bridgehead atoms. The monoisotopic (exact) mass is 281 g/mol. The highest BCUT2D eigenvalue weighted by atomic mass is 35.5. The Labute approximate surface area is 118 Å². The van der Waals surface area contributed by atoms with Gasteiger partial charge >= 0.3 is 0 Å². The lowest BCUT2D eigenvalue weighted by Gasteiger charge is -2.09. The van der Waals surface area contributed by atoms with Gasteiger partial charge in [0.05, 0.1) is 12.5 Å². The molecule has 2 aromatic rings. The van der Waals surface area contributed by atoms with E-state index in [9.17, 15) is 0 Å². The van der Waals surface area contributed by atoms with Crippen molar-refractivity contribution in [3.8, 4) is 0 Å². The Kier molecular flexibility index (Phi) is 4.77. The molecular weight excluding hydrogens is 262 g/mol. The third-order valence-electron chi connectivity index (χ3n) is 2.84. The predicted molar refractivity (Wildman–Crippen MR) is 77.5 cm³/mol. The minimum atomic E-state index is 0.388. The van der Waals surface area contributed by atoms with Crippen molar-refractivity contribution in [2.75, 3.05) is 13.2 Å². The minimum absolute atomic E-state index is 0.388. The summed E-state index contributed by atoms with van der Waals surface area (Å²) in [6.45, 7) is 8.43. The topological polar surface area (TPSA) is 39.9 Å². The van der Waals surface area contributed by atoms with Crippen molar-refractivity contribution in [2.45, 2.75) is 33.2 Å². The minimum Gasteiger partial charge on any atom is -0.379 e. The fourth-order valence-corrected chi connectivity index (χ4v) is 2.16. The van der Waals surface area contributed by atoms with Crippen LogP contribution < -0.4 is 0 Å². The number of nitrogens with zero attached hydrogens (tertiary/aromatic N) is 3. The first-order valence-electron chi connectivity index (χ1n) is 6.58. The van der Waals surface area contributed by atoms with Crippen LogP contribution in [-0.4, -0.2) is 27.7 Å². The zero-order valence-corrected chi connectivity index (χ0v) is 12.4. The van der Waals surface area contributed by atoms with Crippen molar-refractivity contribution in [3.05, 3.63) is 23.7 Å². The van der Waals surface area contributed by atoms with Crippen LogP contribution >= 0.6 is 11.6 Å². The van der Waals surface area contributed by atoms with E-state index >= 15 is 0 Å². The van der Waals surface area contributed by atoms with Crippen LogP contribution in [0.2, 0.25) is 0 Å². The third-order valence-corrected chi connectivity index (χ3v) is 3.08. The molecule has 104 valence electrons. The van der Waals surface area contributed by atoms with Gasteiger partial charge in [0.25, 0.3) is 0 Å². The van der Waals surface area contributed by atoms with E-state index in [-0.39, 0.29) is 0 Å². The molecule has 2 heterocycles. The summed E-state index contributed by atoms with van der Waals surface area (Å²) in [6.07, 6.45) is 0. The number of hydrogen-bond acceptors (Lipinski definition) is 3. The quantitative estimate of drug-likeness (QED) is 0.603. The van der Waals surface area contributed by atoms with Crippen molar-refractivity contribution in [1.82, 2.24) is 14.5 Å². The van der Waals surface area contributed by atoms with Gasteiger partial charge in [-0.1, -0.05) is 13.8 Å². The van der Waals surface area contributed by atoms with Gasteiger partial charge in [0.1, 0.15) is 11.3 Å². The Balaban J connectivity index is 2.17. The molecule has 0 saturated carbocycles. The summed E-state index contributed by atoms with van der Waals surface area (Å²) in [5.41, 5.74) is 2.77. The van der Waals surface area contributed by atoms with Gasteiger partial charge in [-0.2, -0.15) is 0 Å². The molecule has 0 fully saturated rings. The Morgan fingerprint density at radius 2 is 2.11 bits per heavy atom. The standard InChI is InChI=1S/C14H20ClN3O/c1-10(2)9-19-7-6-18-13(8-15)17-12-5-4-11(3)16-14(12)18/h4-5,10H,6-9H2,1-3H3. The zero-order chi connectivity index (χ0) is 13.8. The molecule has 2 aromatic heterocycles. The number of halogens is 1. The molecule has 2 rings (SSSR count). The first-order valence-corrected chi connectivity index (χ1v) is 7.11. The largest absolute Gasteiger partial charge is 0.379 e. The van der Waals surface area contributed by atoms with E-state index in [1.54, 1.807) is 0 Å². The maximum atomic E-state index is 5.95. The molecule has 0 aromatic carbocycles. The van der Waals surface area contributed by atoms with Gasteiger partial charge in [-0.3, -0.25) is 0 Å². The summed E-state index contributed by atoms with van der Waals surface area (Å²) in [7, 11) is 0. The molecule has 0 radical (unpaired) electrons. The first-order chi connectivity index (χ1) is 9.11. The van der Waals surface area contributed by atoms with Crippen LogP contribution in [0.3, 0.4) is 0 Å². The lowest BCUT2D eigenvalue weighted by atomic mass is 10.2. The summed E-state index contributed by atoms with van der Waals surface area (Å²) < 4.78 is 7.68. The van der Waals surface area contributed by atoms with Crippen molar-refractivity contribution < 1.29 is 4.74 Å². The van der Waals surface area contributed by atoms with Gasteiger partial charge in [0.15, 0.2) is 5.65 Å². The van der Waals surface area contributed by atoms with Crippen LogP contribution in [0, 0.1) is 12.8 Å². The van der Waals surface area contributed by atoms with Crippen LogP contribution in [0.25, 0.3) is 11.2 Å². The number of alkyl halides is 1. The molecule has 0 aliphatic heterocycles. The smallest absolute Gasteiger partial charge is 0.160 e. The molecule has 0 unspecified atom stereocenters. The number of pyridine rings is 1. The molecular formula is C14H20ClN3O. The normalized spacial score (nSPS) is 11.6. The second-order valence-corrected chi connectivity index (χ2v) is 5.34. The van der Waals surface area contributed by atoms with E-state index in [4.69, 9.17) is 16.3 Å². The molecule has 4 nitrogen and oxygen atoms in total. The van der Waals surface area contributed by atoms with Crippen molar-refractivity contribution in [2.24, 2.45) is 5.92 Å². The van der Waals surface area contributed by atoms with E-state index in [0.29, 0.717) is 18.4 Å². The number of hydrogen-bond donors (Lipinski definition) is 0. The van der Waals surface area contributed by atoms with Crippen LogP contribution in [0.15, 0.2) is 12.1 Å². The first kappa shape index (κ1) is 14.3. The highest BCUT2D eigenvalue weighted by molar-refractivity contribution is 6.16. The number of fused-ring (bicyclic) bond motifs is 1. The van der Waals surface area contributed by atoms with E-state index in [1.165, 1.54) is 0 Å². The fourth-order valence-electron chi connectivity index (χ4n) is 1.96. The van der Waals surface area contributed by atoms with Gasteiger partial charge in [-0.15, -0.1) is 11.6 Å². The average Bonchev–Trinajstić information content (AvgIpc) is 2.72. The van der Waals surface area contributed by atoms with Crippen LogP contribution in [-0.2, 0) is 17.2 Å². The van der Waals surface area contributed by atoms with Gasteiger partial charge in [0.2, 0.25) is 0 Å². The van der Waals surface area contributed by atoms with Crippen molar-refractivity contribution in [3.63, 3.8) is 0 Å². The highest BCUT2D eigenvalue weighted by Crippen LogP contribution is 2.16. The van der Waals surface area contributed by atoms with Crippen LogP contribution in [0.4, 0.5) is 0 Å². The second kappa shape index (κ2) is 6.35. The summed E-state index contributed by atoms with van der Waals surface area (Å²) in [5, 5.41) is 0. The molecule has 0 aliphatic rings. The SMILES string of the molecule is Cc1ccc2nc(CCl)n(CCOCC(C)C)c2n1. The lowest BCUT2D eigenvalue weighted by molar-refractivity contribution is 0.103.